The van der Waals surface area contributed by atoms with Gasteiger partial charge in [-0.3, -0.25) is 0 Å². The van der Waals surface area contributed by atoms with E-state index in [4.69, 9.17) is 0 Å². The van der Waals surface area contributed by atoms with Crippen LogP contribution < -0.4 is 0 Å². The van der Waals surface area contributed by atoms with Gasteiger partial charge >= 0.3 is 0 Å². The molecule has 0 fully saturated rings. The van der Waals surface area contributed by atoms with Crippen LogP contribution in [0.15, 0.2) is 41.1 Å². The molecule has 0 N–H and O–H groups in total. The summed E-state index contributed by atoms with van der Waals surface area (Å²) in [5.74, 6) is 0. The molecule has 0 aliphatic heterocycles. The number of unbranched alkanes of at least 4 members (excludes halogenated alkanes) is 3. The first-order valence-corrected chi connectivity index (χ1v) is 11.2. The molecule has 0 radical (unpaired) electrons. The van der Waals surface area contributed by atoms with Crippen molar-refractivity contribution in [3.63, 3.8) is 0 Å². The summed E-state index contributed by atoms with van der Waals surface area (Å²) in [6, 6.07) is 11.0. The second kappa shape index (κ2) is 7.77. The molecule has 25 heavy (non-hydrogen) atoms. The van der Waals surface area contributed by atoms with Crippen LogP contribution in [0.5, 0.6) is 0 Å². The van der Waals surface area contributed by atoms with E-state index in [1.165, 1.54) is 70.3 Å². The van der Waals surface area contributed by atoms with Crippen LogP contribution in [0.25, 0.3) is 31.9 Å². The van der Waals surface area contributed by atoms with Crippen LogP contribution in [0.1, 0.15) is 38.2 Å². The monoisotopic (exact) mass is 384 g/mol. The molecule has 1 aromatic carbocycles. The molecule has 0 bridgehead atoms. The summed E-state index contributed by atoms with van der Waals surface area (Å²) in [4.78, 5) is 2.56. The van der Waals surface area contributed by atoms with Gasteiger partial charge in [0, 0.05) is 20.9 Å². The van der Waals surface area contributed by atoms with E-state index >= 15 is 0 Å². The van der Waals surface area contributed by atoms with Crippen molar-refractivity contribution in [3.8, 4) is 20.9 Å². The number of hydrogen-bond acceptors (Lipinski definition) is 5. The lowest BCUT2D eigenvalue weighted by molar-refractivity contribution is 0.667. The number of aryl methyl sites for hydroxylation is 1. The molecule has 128 valence electrons. The Balaban J connectivity index is 1.63. The maximum Gasteiger partial charge on any atom is 0.114 e. The predicted molar refractivity (Wildman–Crippen MR) is 112 cm³/mol. The lowest BCUT2D eigenvalue weighted by Gasteiger charge is -2.03. The number of nitrogens with zero attached hydrogens (tertiary/aromatic N) is 2. The Morgan fingerprint density at radius 3 is 2.40 bits per heavy atom. The summed E-state index contributed by atoms with van der Waals surface area (Å²) in [6.45, 7) is 2.26. The Labute approximate surface area is 160 Å². The molecule has 0 saturated carbocycles. The van der Waals surface area contributed by atoms with Crippen molar-refractivity contribution in [2.75, 3.05) is 0 Å². The fourth-order valence-corrected chi connectivity index (χ4v) is 5.40. The van der Waals surface area contributed by atoms with Gasteiger partial charge in [0.1, 0.15) is 11.0 Å². The predicted octanol–water partition coefficient (Wildman–Crippen LogP) is 7.27. The smallest absolute Gasteiger partial charge is 0.114 e. The first-order valence-electron chi connectivity index (χ1n) is 8.73. The molecule has 5 heteroatoms. The van der Waals surface area contributed by atoms with Gasteiger partial charge in [-0.2, -0.15) is 8.75 Å². The Morgan fingerprint density at radius 1 is 0.880 bits per heavy atom. The Hall–Kier alpha value is -1.56. The quantitative estimate of drug-likeness (QED) is 0.313. The van der Waals surface area contributed by atoms with Crippen molar-refractivity contribution >= 4 is 45.4 Å². The molecule has 0 spiro atoms. The summed E-state index contributed by atoms with van der Waals surface area (Å²) < 4.78 is 9.18. The number of benzene rings is 1. The summed E-state index contributed by atoms with van der Waals surface area (Å²) in [5, 5.41) is 4.42. The van der Waals surface area contributed by atoms with Gasteiger partial charge in [0.25, 0.3) is 0 Å². The van der Waals surface area contributed by atoms with Gasteiger partial charge in [0.05, 0.1) is 11.7 Å². The molecule has 3 aromatic heterocycles. The zero-order valence-electron chi connectivity index (χ0n) is 14.2. The molecule has 0 amide bonds. The second-order valence-corrected chi connectivity index (χ2v) is 8.62. The normalized spacial score (nSPS) is 11.4. The van der Waals surface area contributed by atoms with Gasteiger partial charge < -0.3 is 0 Å². The van der Waals surface area contributed by atoms with E-state index in [0.717, 1.165) is 11.0 Å². The minimum Gasteiger partial charge on any atom is -0.172 e. The molecular formula is C20H20N2S3. The van der Waals surface area contributed by atoms with E-state index in [1.807, 2.05) is 11.3 Å². The van der Waals surface area contributed by atoms with E-state index in [2.05, 4.69) is 56.8 Å². The van der Waals surface area contributed by atoms with Crippen molar-refractivity contribution in [2.24, 2.45) is 0 Å². The average Bonchev–Trinajstić information content (AvgIpc) is 3.39. The molecule has 4 aromatic rings. The standard InChI is InChI=1S/C20H20N2S3/c1-2-3-4-5-7-14-12-18(24-13-14)16-10-9-15(17-8-6-11-23-17)19-20(16)22-25-21-19/h6,8-13H,2-5,7H2,1H3. The summed E-state index contributed by atoms with van der Waals surface area (Å²) >= 11 is 4.89. The number of aromatic nitrogens is 2. The van der Waals surface area contributed by atoms with Crippen LogP contribution in [0, 0.1) is 0 Å². The second-order valence-electron chi connectivity index (χ2n) is 6.23. The van der Waals surface area contributed by atoms with Crippen molar-refractivity contribution in [1.29, 1.82) is 0 Å². The van der Waals surface area contributed by atoms with Crippen LogP contribution in [-0.2, 0) is 6.42 Å². The fraction of sp³-hybridized carbons (Fsp3) is 0.300. The molecule has 0 aliphatic carbocycles. The Kier molecular flexibility index (Phi) is 5.25. The minimum atomic E-state index is 1.03. The van der Waals surface area contributed by atoms with Crippen molar-refractivity contribution < 1.29 is 0 Å². The van der Waals surface area contributed by atoms with Crippen LogP contribution in [0.3, 0.4) is 0 Å². The van der Waals surface area contributed by atoms with E-state index < -0.39 is 0 Å². The summed E-state index contributed by atoms with van der Waals surface area (Å²) in [7, 11) is 0. The van der Waals surface area contributed by atoms with E-state index in [0.29, 0.717) is 0 Å². The third-order valence-electron chi connectivity index (χ3n) is 4.44. The highest BCUT2D eigenvalue weighted by atomic mass is 32.1. The van der Waals surface area contributed by atoms with Crippen LogP contribution in [0.4, 0.5) is 0 Å². The molecule has 2 nitrogen and oxygen atoms in total. The van der Waals surface area contributed by atoms with Gasteiger partial charge in [0.15, 0.2) is 0 Å². The number of hydrogen-bond donors (Lipinski definition) is 0. The van der Waals surface area contributed by atoms with Crippen LogP contribution in [0.2, 0.25) is 0 Å². The largest absolute Gasteiger partial charge is 0.172 e. The zero-order valence-corrected chi connectivity index (χ0v) is 16.6. The third kappa shape index (κ3) is 3.54. The number of rotatable bonds is 7. The number of fused-ring (bicyclic) bond motifs is 1. The summed E-state index contributed by atoms with van der Waals surface area (Å²) in [6.07, 6.45) is 6.43. The first kappa shape index (κ1) is 16.9. The van der Waals surface area contributed by atoms with Crippen molar-refractivity contribution in [1.82, 2.24) is 8.75 Å². The lowest BCUT2D eigenvalue weighted by Crippen LogP contribution is -1.83. The zero-order chi connectivity index (χ0) is 17.1. The molecule has 0 aliphatic rings. The van der Waals surface area contributed by atoms with Gasteiger partial charge in [-0.15, -0.1) is 22.7 Å². The average molecular weight is 385 g/mol. The van der Waals surface area contributed by atoms with Gasteiger partial charge in [0.2, 0.25) is 0 Å². The Bertz CT molecular complexity index is 951. The molecule has 4 rings (SSSR count). The van der Waals surface area contributed by atoms with Crippen molar-refractivity contribution in [3.05, 3.63) is 46.7 Å². The third-order valence-corrected chi connectivity index (χ3v) is 6.88. The van der Waals surface area contributed by atoms with Gasteiger partial charge in [-0.1, -0.05) is 44.4 Å². The molecule has 3 heterocycles. The van der Waals surface area contributed by atoms with Gasteiger partial charge in [-0.25, -0.2) is 0 Å². The highest BCUT2D eigenvalue weighted by molar-refractivity contribution is 7.14. The van der Waals surface area contributed by atoms with E-state index in [9.17, 15) is 0 Å². The first-order chi connectivity index (χ1) is 12.4. The maximum absolute atomic E-state index is 4.60. The highest BCUT2D eigenvalue weighted by Gasteiger charge is 2.15. The highest BCUT2D eigenvalue weighted by Crippen LogP contribution is 2.38. The topological polar surface area (TPSA) is 25.8 Å². The van der Waals surface area contributed by atoms with E-state index in [1.54, 1.807) is 11.3 Å². The van der Waals surface area contributed by atoms with Crippen molar-refractivity contribution in [2.45, 2.75) is 39.0 Å². The van der Waals surface area contributed by atoms with Crippen LogP contribution in [-0.4, -0.2) is 8.75 Å². The Morgan fingerprint density at radius 2 is 1.68 bits per heavy atom. The summed E-state index contributed by atoms with van der Waals surface area (Å²) in [5.41, 5.74) is 5.93. The fourth-order valence-electron chi connectivity index (χ4n) is 3.10. The number of thiophene rings is 2. The van der Waals surface area contributed by atoms with Gasteiger partial charge in [-0.05, 0) is 41.3 Å². The minimum absolute atomic E-state index is 1.03. The van der Waals surface area contributed by atoms with E-state index in [-0.39, 0.29) is 0 Å². The van der Waals surface area contributed by atoms with Crippen LogP contribution >= 0.6 is 34.4 Å². The molecular weight excluding hydrogens is 364 g/mol. The molecule has 0 unspecified atom stereocenters. The SMILES string of the molecule is CCCCCCc1csc(-c2ccc(-c3cccs3)c3nsnc23)c1. The maximum atomic E-state index is 4.60. The lowest BCUT2D eigenvalue weighted by atomic mass is 10.0. The molecule has 0 saturated heterocycles. The molecule has 0 atom stereocenters.